The number of hydrogen-bond donors (Lipinski definition) is 2. The summed E-state index contributed by atoms with van der Waals surface area (Å²) < 4.78 is 0. The molecule has 0 bridgehead atoms. The molecule has 17 heavy (non-hydrogen) atoms. The molecule has 3 nitrogen and oxygen atoms in total. The predicted molar refractivity (Wildman–Crippen MR) is 72.3 cm³/mol. The van der Waals surface area contributed by atoms with Crippen LogP contribution in [0.3, 0.4) is 0 Å². The van der Waals surface area contributed by atoms with Crippen molar-refractivity contribution >= 4 is 5.84 Å². The van der Waals surface area contributed by atoms with Gasteiger partial charge in [-0.15, -0.1) is 0 Å². The monoisotopic (exact) mass is 237 g/mol. The van der Waals surface area contributed by atoms with Crippen molar-refractivity contribution in [3.63, 3.8) is 0 Å². The van der Waals surface area contributed by atoms with Crippen molar-refractivity contribution in [1.82, 2.24) is 4.90 Å². The summed E-state index contributed by atoms with van der Waals surface area (Å²) in [4.78, 5) is 2.56. The van der Waals surface area contributed by atoms with Gasteiger partial charge in [-0.1, -0.05) is 25.7 Å². The Kier molecular flexibility index (Phi) is 4.08. The van der Waals surface area contributed by atoms with E-state index >= 15 is 0 Å². The number of nitrogens with two attached hydrogens (primary N) is 1. The van der Waals surface area contributed by atoms with E-state index in [1.807, 2.05) is 0 Å². The Bertz CT molecular complexity index is 263. The van der Waals surface area contributed by atoms with Crippen LogP contribution in [0.15, 0.2) is 0 Å². The second-order valence-electron chi connectivity index (χ2n) is 6.26. The molecule has 0 aromatic heterocycles. The minimum absolute atomic E-state index is 0.368. The molecule has 0 heterocycles. The minimum atomic E-state index is 0.368. The minimum Gasteiger partial charge on any atom is -0.388 e. The average Bonchev–Trinajstić information content (AvgIpc) is 3.01. The zero-order valence-electron chi connectivity index (χ0n) is 11.2. The molecule has 0 spiro atoms. The zero-order valence-corrected chi connectivity index (χ0v) is 11.2. The molecule has 0 atom stereocenters. The van der Waals surface area contributed by atoms with Crippen LogP contribution in [0.25, 0.3) is 0 Å². The first-order valence-electron chi connectivity index (χ1n) is 7.14. The van der Waals surface area contributed by atoms with Gasteiger partial charge in [0.2, 0.25) is 0 Å². The molecule has 0 unspecified atom stereocenters. The fourth-order valence-electron chi connectivity index (χ4n) is 3.33. The Labute approximate surface area is 105 Å². The van der Waals surface area contributed by atoms with E-state index in [1.54, 1.807) is 0 Å². The van der Waals surface area contributed by atoms with Crippen LogP contribution in [0.2, 0.25) is 0 Å². The summed E-state index contributed by atoms with van der Waals surface area (Å²) in [5.74, 6) is 0.372. The van der Waals surface area contributed by atoms with Crippen molar-refractivity contribution in [1.29, 1.82) is 5.41 Å². The van der Waals surface area contributed by atoms with Crippen molar-refractivity contribution in [2.24, 2.45) is 11.1 Å². The number of hydrogen-bond acceptors (Lipinski definition) is 2. The Hall–Kier alpha value is -0.570. The molecular formula is C14H27N3. The van der Waals surface area contributed by atoms with E-state index in [4.69, 9.17) is 11.1 Å². The number of nitrogens with zero attached hydrogens (tertiary/aromatic N) is 1. The highest BCUT2D eigenvalue weighted by Crippen LogP contribution is 2.49. The van der Waals surface area contributed by atoms with E-state index in [2.05, 4.69) is 11.9 Å². The normalized spacial score (nSPS) is 24.6. The number of amidine groups is 1. The van der Waals surface area contributed by atoms with E-state index in [0.29, 0.717) is 11.3 Å². The van der Waals surface area contributed by atoms with Crippen LogP contribution in [-0.4, -0.2) is 30.4 Å². The summed E-state index contributed by atoms with van der Waals surface area (Å²) >= 11 is 0. The molecule has 2 saturated carbocycles. The van der Waals surface area contributed by atoms with Crippen molar-refractivity contribution in [3.05, 3.63) is 0 Å². The third-order valence-electron chi connectivity index (χ3n) is 4.56. The molecular weight excluding hydrogens is 210 g/mol. The van der Waals surface area contributed by atoms with Crippen LogP contribution in [-0.2, 0) is 0 Å². The van der Waals surface area contributed by atoms with Crippen molar-refractivity contribution in [3.8, 4) is 0 Å². The molecule has 2 aliphatic carbocycles. The van der Waals surface area contributed by atoms with Gasteiger partial charge in [0, 0.05) is 19.0 Å². The molecule has 98 valence electrons. The Balaban J connectivity index is 1.83. The maximum absolute atomic E-state index is 7.47. The lowest BCUT2D eigenvalue weighted by molar-refractivity contribution is 0.182. The Morgan fingerprint density at radius 3 is 2.29 bits per heavy atom. The first-order valence-corrected chi connectivity index (χ1v) is 7.14. The largest absolute Gasteiger partial charge is 0.388 e. The van der Waals surface area contributed by atoms with Gasteiger partial charge in [-0.05, 0) is 38.1 Å². The Morgan fingerprint density at radius 2 is 1.82 bits per heavy atom. The quantitative estimate of drug-likeness (QED) is 0.439. The Morgan fingerprint density at radius 1 is 1.24 bits per heavy atom. The van der Waals surface area contributed by atoms with Crippen LogP contribution >= 0.6 is 0 Å². The molecule has 0 saturated heterocycles. The van der Waals surface area contributed by atoms with E-state index < -0.39 is 0 Å². The van der Waals surface area contributed by atoms with Crippen LogP contribution in [0.1, 0.15) is 57.8 Å². The van der Waals surface area contributed by atoms with Crippen molar-refractivity contribution in [2.75, 3.05) is 13.6 Å². The summed E-state index contributed by atoms with van der Waals surface area (Å²) in [5.41, 5.74) is 5.93. The van der Waals surface area contributed by atoms with E-state index in [9.17, 15) is 0 Å². The summed E-state index contributed by atoms with van der Waals surface area (Å²) in [7, 11) is 2.27. The van der Waals surface area contributed by atoms with E-state index in [-0.39, 0.29) is 0 Å². The van der Waals surface area contributed by atoms with Gasteiger partial charge in [0.25, 0.3) is 0 Å². The molecule has 3 heteroatoms. The maximum atomic E-state index is 7.47. The maximum Gasteiger partial charge on any atom is 0.0911 e. The van der Waals surface area contributed by atoms with Crippen LogP contribution in [0.5, 0.6) is 0 Å². The fourth-order valence-corrected chi connectivity index (χ4v) is 3.33. The molecule has 2 rings (SSSR count). The van der Waals surface area contributed by atoms with Gasteiger partial charge in [0.1, 0.15) is 0 Å². The molecule has 0 aliphatic heterocycles. The van der Waals surface area contributed by atoms with Crippen LogP contribution < -0.4 is 5.73 Å². The second kappa shape index (κ2) is 5.38. The fraction of sp³-hybridized carbons (Fsp3) is 0.929. The van der Waals surface area contributed by atoms with Gasteiger partial charge in [-0.3, -0.25) is 5.41 Å². The van der Waals surface area contributed by atoms with Gasteiger partial charge in [-0.25, -0.2) is 0 Å². The highest BCUT2D eigenvalue weighted by molar-refractivity contribution is 5.78. The molecule has 2 aliphatic rings. The molecule has 0 aromatic carbocycles. The summed E-state index contributed by atoms with van der Waals surface area (Å²) in [6.45, 7) is 1.15. The second-order valence-corrected chi connectivity index (χ2v) is 6.26. The molecule has 0 amide bonds. The van der Waals surface area contributed by atoms with Crippen molar-refractivity contribution < 1.29 is 0 Å². The number of nitrogens with one attached hydrogen (secondary N) is 1. The lowest BCUT2D eigenvalue weighted by Gasteiger charge is -2.30. The van der Waals surface area contributed by atoms with Gasteiger partial charge in [-0.2, -0.15) is 0 Å². The lowest BCUT2D eigenvalue weighted by Crippen LogP contribution is -2.37. The molecule has 0 radical (unpaired) electrons. The zero-order chi connectivity index (χ0) is 12.3. The van der Waals surface area contributed by atoms with Gasteiger partial charge >= 0.3 is 0 Å². The predicted octanol–water partition coefficient (Wildman–Crippen LogP) is 2.75. The molecule has 3 N–H and O–H groups in total. The highest BCUT2D eigenvalue weighted by atomic mass is 15.1. The summed E-state index contributed by atoms with van der Waals surface area (Å²) in [6.07, 6.45) is 11.7. The van der Waals surface area contributed by atoms with E-state index in [1.165, 1.54) is 51.4 Å². The van der Waals surface area contributed by atoms with Crippen molar-refractivity contribution in [2.45, 2.75) is 63.8 Å². The van der Waals surface area contributed by atoms with Gasteiger partial charge in [0.05, 0.1) is 5.84 Å². The average molecular weight is 237 g/mol. The summed E-state index contributed by atoms with van der Waals surface area (Å²) in [5, 5.41) is 7.47. The summed E-state index contributed by atoms with van der Waals surface area (Å²) in [6, 6.07) is 0.780. The first kappa shape index (κ1) is 12.9. The van der Waals surface area contributed by atoms with E-state index in [0.717, 1.165) is 19.0 Å². The molecule has 2 fully saturated rings. The highest BCUT2D eigenvalue weighted by Gasteiger charge is 2.44. The smallest absolute Gasteiger partial charge is 0.0911 e. The topological polar surface area (TPSA) is 53.1 Å². The number of rotatable bonds is 5. The van der Waals surface area contributed by atoms with Gasteiger partial charge in [0.15, 0.2) is 0 Å². The first-order chi connectivity index (χ1) is 8.11. The third kappa shape index (κ3) is 3.70. The molecule has 0 aromatic rings. The van der Waals surface area contributed by atoms with Gasteiger partial charge < -0.3 is 10.6 Å². The van der Waals surface area contributed by atoms with Crippen LogP contribution in [0, 0.1) is 10.8 Å². The lowest BCUT2D eigenvalue weighted by atomic mass is 9.99. The third-order valence-corrected chi connectivity index (χ3v) is 4.56. The standard InChI is InChI=1S/C14H27N3/c1-17(12-6-4-2-3-5-7-12)11-14(8-9-14)10-13(15)16/h12H,2-11H2,1H3,(H3,15,16). The van der Waals surface area contributed by atoms with Crippen LogP contribution in [0.4, 0.5) is 0 Å². The SMILES string of the molecule is CN(CC1(CC(=N)N)CC1)C1CCCCCC1.